The second kappa shape index (κ2) is 6.20. The van der Waals surface area contributed by atoms with Gasteiger partial charge in [-0.15, -0.1) is 0 Å². The summed E-state index contributed by atoms with van der Waals surface area (Å²) in [6.07, 6.45) is 0.788. The number of nitrogens with one attached hydrogen (secondary N) is 2. The van der Waals surface area contributed by atoms with Gasteiger partial charge in [-0.05, 0) is 18.6 Å². The first kappa shape index (κ1) is 14.2. The van der Waals surface area contributed by atoms with Crippen LogP contribution in [0.3, 0.4) is 0 Å². The lowest BCUT2D eigenvalue weighted by atomic mass is 10.3. The molecule has 1 aromatic rings. The van der Waals surface area contributed by atoms with E-state index in [4.69, 9.17) is 0 Å². The third-order valence-electron chi connectivity index (χ3n) is 1.82. The largest absolute Gasteiger partial charge is 0.488 e. The normalized spacial score (nSPS) is 10.8. The average molecular weight is 276 g/mol. The minimum absolute atomic E-state index is 0.217. The van der Waals surface area contributed by atoms with Crippen LogP contribution in [0.1, 0.15) is 13.3 Å². The number of hydrogen-bond acceptors (Lipinski definition) is 4. The molecule has 18 heavy (non-hydrogen) atoms. The average Bonchev–Trinajstić information content (AvgIpc) is 2.24. The Balaban J connectivity index is 2.68. The molecule has 0 saturated carbocycles. The zero-order valence-corrected chi connectivity index (χ0v) is 10.5. The van der Waals surface area contributed by atoms with Crippen LogP contribution in [0, 0.1) is 0 Å². The van der Waals surface area contributed by atoms with Gasteiger partial charge in [0.05, 0.1) is 0 Å². The minimum atomic E-state index is -5.06. The molecule has 2 N–H and O–H groups in total. The number of amides is 2. The summed E-state index contributed by atoms with van der Waals surface area (Å²) in [7, 11) is -5.06. The Labute approximate surface area is 105 Å². The van der Waals surface area contributed by atoms with Gasteiger partial charge in [0.2, 0.25) is 0 Å². The predicted octanol–water partition coefficient (Wildman–Crippen LogP) is 1.81. The monoisotopic (exact) mass is 276 g/mol. The minimum Gasteiger partial charge on any atom is -0.358 e. The van der Waals surface area contributed by atoms with E-state index in [0.29, 0.717) is 12.2 Å². The summed E-state index contributed by atoms with van der Waals surface area (Å²) in [4.78, 5) is 11.3. The van der Waals surface area contributed by atoms with Crippen molar-refractivity contribution in [2.24, 2.45) is 0 Å². The molecule has 0 spiro atoms. The lowest BCUT2D eigenvalue weighted by Crippen LogP contribution is -2.29. The summed E-state index contributed by atoms with van der Waals surface area (Å²) in [6.45, 7) is 2.42. The maximum atomic E-state index is 12.3. The Morgan fingerprint density at radius 3 is 2.78 bits per heavy atom. The first-order valence-electron chi connectivity index (χ1n) is 5.19. The zero-order valence-electron chi connectivity index (χ0n) is 9.64. The van der Waals surface area contributed by atoms with Crippen LogP contribution < -0.4 is 14.8 Å². The molecular formula is C10H13FN2O4S. The van der Waals surface area contributed by atoms with Crippen molar-refractivity contribution in [1.29, 1.82) is 0 Å². The Morgan fingerprint density at radius 2 is 2.17 bits per heavy atom. The van der Waals surface area contributed by atoms with E-state index in [9.17, 15) is 17.1 Å². The molecule has 8 heteroatoms. The number of rotatable bonds is 5. The maximum absolute atomic E-state index is 12.3. The number of hydrogen-bond donors (Lipinski definition) is 2. The molecule has 1 rings (SSSR count). The summed E-state index contributed by atoms with van der Waals surface area (Å²) >= 11 is 0. The Bertz CT molecular complexity index is 518. The number of benzene rings is 1. The topological polar surface area (TPSA) is 84.5 Å². The molecule has 0 unspecified atom stereocenters. The fourth-order valence-corrected chi connectivity index (χ4v) is 1.49. The highest BCUT2D eigenvalue weighted by Crippen LogP contribution is 2.19. The van der Waals surface area contributed by atoms with Gasteiger partial charge in [0.25, 0.3) is 0 Å². The van der Waals surface area contributed by atoms with Crippen LogP contribution >= 0.6 is 0 Å². The smallest absolute Gasteiger partial charge is 0.358 e. The van der Waals surface area contributed by atoms with Gasteiger partial charge in [0.1, 0.15) is 5.75 Å². The molecule has 2 amide bonds. The highest BCUT2D eigenvalue weighted by Gasteiger charge is 2.10. The van der Waals surface area contributed by atoms with E-state index in [0.717, 1.165) is 6.42 Å². The van der Waals surface area contributed by atoms with Gasteiger partial charge in [-0.2, -0.15) is 8.42 Å². The standard InChI is InChI=1S/C10H13FN2O4S/c1-2-6-12-10(14)13-8-4-3-5-9(7-8)17-18(11,15)16/h3-5,7H,2,6H2,1H3,(H2,12,13,14). The van der Waals surface area contributed by atoms with Crippen LogP contribution in [-0.2, 0) is 10.5 Å². The third-order valence-corrected chi connectivity index (χ3v) is 2.21. The molecule has 0 aliphatic carbocycles. The highest BCUT2D eigenvalue weighted by molar-refractivity contribution is 7.81. The van der Waals surface area contributed by atoms with Crippen molar-refractivity contribution < 1.29 is 21.3 Å². The number of halogens is 1. The molecule has 0 aliphatic rings. The Kier molecular flexibility index (Phi) is 4.90. The van der Waals surface area contributed by atoms with Crippen molar-refractivity contribution in [2.75, 3.05) is 11.9 Å². The summed E-state index contributed by atoms with van der Waals surface area (Å²) in [5, 5.41) is 5.02. The Hall–Kier alpha value is -1.83. The van der Waals surface area contributed by atoms with Crippen LogP contribution in [0.25, 0.3) is 0 Å². The molecule has 100 valence electrons. The lowest BCUT2D eigenvalue weighted by Gasteiger charge is -2.07. The summed E-state index contributed by atoms with van der Waals surface area (Å²) in [5.74, 6) is -0.217. The molecule has 0 fully saturated rings. The van der Waals surface area contributed by atoms with Crippen molar-refractivity contribution in [1.82, 2.24) is 5.32 Å². The van der Waals surface area contributed by atoms with Crippen molar-refractivity contribution in [2.45, 2.75) is 13.3 Å². The molecule has 0 aliphatic heterocycles. The molecule has 0 saturated heterocycles. The SMILES string of the molecule is CCCNC(=O)Nc1cccc(OS(=O)(=O)F)c1. The molecule has 0 atom stereocenters. The number of carbonyl (C=O) groups excluding carboxylic acids is 1. The van der Waals surface area contributed by atoms with E-state index in [-0.39, 0.29) is 5.75 Å². The van der Waals surface area contributed by atoms with Gasteiger partial charge in [-0.1, -0.05) is 16.9 Å². The Morgan fingerprint density at radius 1 is 1.44 bits per heavy atom. The number of urea groups is 1. The van der Waals surface area contributed by atoms with E-state index in [1.807, 2.05) is 6.92 Å². The first-order valence-corrected chi connectivity index (χ1v) is 6.50. The molecular weight excluding hydrogens is 263 g/mol. The quantitative estimate of drug-likeness (QED) is 0.803. The zero-order chi connectivity index (χ0) is 13.6. The van der Waals surface area contributed by atoms with Crippen molar-refractivity contribution >= 4 is 22.2 Å². The molecule has 0 bridgehead atoms. The van der Waals surface area contributed by atoms with Crippen LogP contribution in [-0.4, -0.2) is 21.0 Å². The van der Waals surface area contributed by atoms with Crippen LogP contribution in [0.15, 0.2) is 24.3 Å². The summed E-state index contributed by atoms with van der Waals surface area (Å²) in [6, 6.07) is 4.96. The number of anilines is 1. The van der Waals surface area contributed by atoms with E-state index in [1.165, 1.54) is 24.3 Å². The van der Waals surface area contributed by atoms with Crippen molar-refractivity contribution in [3.8, 4) is 5.75 Å². The van der Waals surface area contributed by atoms with E-state index in [1.54, 1.807) is 0 Å². The van der Waals surface area contributed by atoms with Gasteiger partial charge in [-0.3, -0.25) is 0 Å². The van der Waals surface area contributed by atoms with E-state index < -0.39 is 16.5 Å². The fraction of sp³-hybridized carbons (Fsp3) is 0.300. The van der Waals surface area contributed by atoms with Crippen LogP contribution in [0.4, 0.5) is 14.4 Å². The van der Waals surface area contributed by atoms with Gasteiger partial charge < -0.3 is 14.8 Å². The third kappa shape index (κ3) is 5.48. The molecule has 0 aromatic heterocycles. The highest BCUT2D eigenvalue weighted by atomic mass is 32.3. The van der Waals surface area contributed by atoms with E-state index in [2.05, 4.69) is 14.8 Å². The second-order valence-corrected chi connectivity index (χ2v) is 4.34. The summed E-state index contributed by atoms with van der Waals surface area (Å²) in [5.41, 5.74) is 0.296. The van der Waals surface area contributed by atoms with Gasteiger partial charge in [0.15, 0.2) is 0 Å². The molecule has 1 aromatic carbocycles. The maximum Gasteiger partial charge on any atom is 0.488 e. The van der Waals surface area contributed by atoms with Crippen LogP contribution in [0.2, 0.25) is 0 Å². The molecule has 0 heterocycles. The van der Waals surface area contributed by atoms with E-state index >= 15 is 0 Å². The first-order chi connectivity index (χ1) is 8.40. The van der Waals surface area contributed by atoms with Gasteiger partial charge in [0, 0.05) is 18.3 Å². The second-order valence-electron chi connectivity index (χ2n) is 3.39. The number of carbonyl (C=O) groups is 1. The van der Waals surface area contributed by atoms with Crippen molar-refractivity contribution in [3.63, 3.8) is 0 Å². The van der Waals surface area contributed by atoms with Gasteiger partial charge >= 0.3 is 16.5 Å². The molecule has 0 radical (unpaired) electrons. The lowest BCUT2D eigenvalue weighted by molar-refractivity contribution is 0.252. The fourth-order valence-electron chi connectivity index (χ4n) is 1.15. The predicted molar refractivity (Wildman–Crippen MR) is 64.4 cm³/mol. The molecule has 6 nitrogen and oxygen atoms in total. The van der Waals surface area contributed by atoms with Crippen LogP contribution in [0.5, 0.6) is 5.75 Å². The summed E-state index contributed by atoms with van der Waals surface area (Å²) < 4.78 is 36.9. The van der Waals surface area contributed by atoms with Gasteiger partial charge in [-0.25, -0.2) is 4.79 Å². The van der Waals surface area contributed by atoms with Crippen molar-refractivity contribution in [3.05, 3.63) is 24.3 Å².